The van der Waals surface area contributed by atoms with Crippen molar-refractivity contribution in [3.05, 3.63) is 53.1 Å². The molecule has 126 valence electrons. The van der Waals surface area contributed by atoms with Gasteiger partial charge < -0.3 is 15.8 Å². The van der Waals surface area contributed by atoms with Gasteiger partial charge in [-0.2, -0.15) is 14.9 Å². The Bertz CT molecular complexity index is 950. The number of anilines is 3. The molecular formula is C18H18N6O. The van der Waals surface area contributed by atoms with E-state index in [1.807, 2.05) is 26.0 Å². The Balaban J connectivity index is 1.94. The van der Waals surface area contributed by atoms with Crippen molar-refractivity contribution in [3.8, 4) is 17.5 Å². The van der Waals surface area contributed by atoms with Crippen LogP contribution in [-0.4, -0.2) is 21.9 Å². The van der Waals surface area contributed by atoms with Gasteiger partial charge in [0, 0.05) is 5.69 Å². The van der Waals surface area contributed by atoms with Crippen LogP contribution in [0.5, 0.6) is 5.75 Å². The molecule has 1 heterocycles. The molecule has 0 saturated carbocycles. The lowest BCUT2D eigenvalue weighted by atomic mass is 10.1. The molecule has 0 aliphatic heterocycles. The quantitative estimate of drug-likeness (QED) is 0.760. The number of aryl methyl sites for hydroxylation is 2. The van der Waals surface area contributed by atoms with Crippen molar-refractivity contribution < 1.29 is 4.74 Å². The molecule has 0 fully saturated rings. The zero-order valence-electron chi connectivity index (χ0n) is 14.2. The average molecular weight is 334 g/mol. The van der Waals surface area contributed by atoms with Crippen LogP contribution in [0.25, 0.3) is 5.69 Å². The van der Waals surface area contributed by atoms with Gasteiger partial charge in [-0.3, -0.25) is 0 Å². The molecule has 25 heavy (non-hydrogen) atoms. The van der Waals surface area contributed by atoms with Gasteiger partial charge in [0.15, 0.2) is 0 Å². The molecule has 0 saturated heterocycles. The second-order valence-corrected chi connectivity index (χ2v) is 5.70. The number of ether oxygens (including phenoxy) is 1. The summed E-state index contributed by atoms with van der Waals surface area (Å²) >= 11 is 0. The standard InChI is InChI=1S/C18H18N6O/c1-11-6-12(2)8-14(7-11)21-18-22-17(20)24(23-18)15-4-5-16(25-3)13(9-15)10-19/h4-9H,1-3H3,(H3,20,21,22,23). The van der Waals surface area contributed by atoms with Crippen LogP contribution < -0.4 is 15.8 Å². The summed E-state index contributed by atoms with van der Waals surface area (Å²) in [4.78, 5) is 4.24. The number of nitrogens with one attached hydrogen (secondary N) is 1. The van der Waals surface area contributed by atoms with Crippen molar-refractivity contribution in [2.75, 3.05) is 18.2 Å². The molecular weight excluding hydrogens is 316 g/mol. The van der Waals surface area contributed by atoms with Gasteiger partial charge in [-0.05, 0) is 55.3 Å². The fourth-order valence-corrected chi connectivity index (χ4v) is 2.66. The summed E-state index contributed by atoms with van der Waals surface area (Å²) in [7, 11) is 1.52. The third-order valence-electron chi connectivity index (χ3n) is 3.66. The lowest BCUT2D eigenvalue weighted by Gasteiger charge is -2.06. The van der Waals surface area contributed by atoms with Crippen LogP contribution in [0.15, 0.2) is 36.4 Å². The Morgan fingerprint density at radius 3 is 2.52 bits per heavy atom. The van der Waals surface area contributed by atoms with E-state index in [-0.39, 0.29) is 5.95 Å². The number of benzene rings is 2. The minimum absolute atomic E-state index is 0.223. The number of nitrogen functional groups attached to an aromatic ring is 1. The van der Waals surface area contributed by atoms with E-state index in [2.05, 4.69) is 27.5 Å². The van der Waals surface area contributed by atoms with Crippen molar-refractivity contribution >= 4 is 17.6 Å². The molecule has 3 rings (SSSR count). The maximum atomic E-state index is 9.22. The number of nitriles is 1. The number of nitrogens with two attached hydrogens (primary N) is 1. The topological polar surface area (TPSA) is 102 Å². The Labute approximate surface area is 145 Å². The predicted octanol–water partition coefficient (Wildman–Crippen LogP) is 3.09. The highest BCUT2D eigenvalue weighted by Gasteiger charge is 2.12. The van der Waals surface area contributed by atoms with E-state index in [1.54, 1.807) is 18.2 Å². The summed E-state index contributed by atoms with van der Waals surface area (Å²) in [6, 6.07) is 13.3. The van der Waals surface area contributed by atoms with Crippen LogP contribution in [0.2, 0.25) is 0 Å². The van der Waals surface area contributed by atoms with Gasteiger partial charge in [0.05, 0.1) is 18.4 Å². The Hall–Kier alpha value is -3.53. The summed E-state index contributed by atoms with van der Waals surface area (Å²) in [6.45, 7) is 4.05. The molecule has 1 aromatic heterocycles. The molecule has 0 aliphatic rings. The van der Waals surface area contributed by atoms with Crippen LogP contribution in [0, 0.1) is 25.2 Å². The van der Waals surface area contributed by atoms with Crippen LogP contribution in [-0.2, 0) is 0 Å². The maximum Gasteiger partial charge on any atom is 0.248 e. The van der Waals surface area contributed by atoms with Crippen LogP contribution in [0.4, 0.5) is 17.6 Å². The first kappa shape index (κ1) is 16.3. The number of rotatable bonds is 4. The molecule has 7 nitrogen and oxygen atoms in total. The molecule has 3 aromatic rings. The normalized spacial score (nSPS) is 10.3. The monoisotopic (exact) mass is 334 g/mol. The third-order valence-corrected chi connectivity index (χ3v) is 3.66. The highest BCUT2D eigenvalue weighted by atomic mass is 16.5. The molecule has 0 spiro atoms. The Morgan fingerprint density at radius 2 is 1.88 bits per heavy atom. The summed E-state index contributed by atoms with van der Waals surface area (Å²) in [6.07, 6.45) is 0. The molecule has 0 atom stereocenters. The second-order valence-electron chi connectivity index (χ2n) is 5.70. The zero-order valence-corrected chi connectivity index (χ0v) is 14.2. The smallest absolute Gasteiger partial charge is 0.248 e. The van der Waals surface area contributed by atoms with Crippen molar-refractivity contribution in [1.29, 1.82) is 5.26 Å². The largest absolute Gasteiger partial charge is 0.495 e. The van der Waals surface area contributed by atoms with E-state index in [1.165, 1.54) is 11.8 Å². The second kappa shape index (κ2) is 6.53. The zero-order chi connectivity index (χ0) is 18.0. The molecule has 0 radical (unpaired) electrons. The highest BCUT2D eigenvalue weighted by Crippen LogP contribution is 2.24. The van der Waals surface area contributed by atoms with Crippen LogP contribution >= 0.6 is 0 Å². The van der Waals surface area contributed by atoms with Crippen molar-refractivity contribution in [1.82, 2.24) is 14.8 Å². The van der Waals surface area contributed by atoms with Gasteiger partial charge >= 0.3 is 0 Å². The Kier molecular flexibility index (Phi) is 4.27. The molecule has 0 unspecified atom stereocenters. The lowest BCUT2D eigenvalue weighted by molar-refractivity contribution is 0.413. The molecule has 0 aliphatic carbocycles. The van der Waals surface area contributed by atoms with E-state index in [9.17, 15) is 5.26 Å². The van der Waals surface area contributed by atoms with E-state index in [0.717, 1.165) is 16.8 Å². The third kappa shape index (κ3) is 3.38. The van der Waals surface area contributed by atoms with E-state index >= 15 is 0 Å². The van der Waals surface area contributed by atoms with Gasteiger partial charge in [0.1, 0.15) is 11.8 Å². The maximum absolute atomic E-state index is 9.22. The van der Waals surface area contributed by atoms with Crippen molar-refractivity contribution in [2.24, 2.45) is 0 Å². The van der Waals surface area contributed by atoms with E-state index < -0.39 is 0 Å². The number of hydrogen-bond donors (Lipinski definition) is 2. The summed E-state index contributed by atoms with van der Waals surface area (Å²) < 4.78 is 6.63. The number of aromatic nitrogens is 3. The van der Waals surface area contributed by atoms with Crippen LogP contribution in [0.1, 0.15) is 16.7 Å². The van der Waals surface area contributed by atoms with Gasteiger partial charge in [-0.15, -0.1) is 5.10 Å². The van der Waals surface area contributed by atoms with Gasteiger partial charge in [-0.1, -0.05) is 6.07 Å². The van der Waals surface area contributed by atoms with Crippen LogP contribution in [0.3, 0.4) is 0 Å². The highest BCUT2D eigenvalue weighted by molar-refractivity contribution is 5.58. The molecule has 0 bridgehead atoms. The molecule has 2 aromatic carbocycles. The van der Waals surface area contributed by atoms with Crippen molar-refractivity contribution in [2.45, 2.75) is 13.8 Å². The van der Waals surface area contributed by atoms with Gasteiger partial charge in [0.25, 0.3) is 0 Å². The summed E-state index contributed by atoms with van der Waals surface area (Å²) in [5, 5.41) is 16.8. The number of hydrogen-bond acceptors (Lipinski definition) is 6. The molecule has 7 heteroatoms. The number of methoxy groups -OCH3 is 1. The van der Waals surface area contributed by atoms with E-state index in [4.69, 9.17) is 10.5 Å². The Morgan fingerprint density at radius 1 is 1.16 bits per heavy atom. The van der Waals surface area contributed by atoms with Crippen molar-refractivity contribution in [3.63, 3.8) is 0 Å². The number of nitrogens with zero attached hydrogens (tertiary/aromatic N) is 4. The van der Waals surface area contributed by atoms with Gasteiger partial charge in [-0.25, -0.2) is 0 Å². The summed E-state index contributed by atoms with van der Waals surface area (Å²) in [5.41, 5.74) is 10.2. The van der Waals surface area contributed by atoms with Gasteiger partial charge in [0.2, 0.25) is 11.9 Å². The minimum Gasteiger partial charge on any atom is -0.495 e. The first-order valence-electron chi connectivity index (χ1n) is 7.66. The first-order valence-corrected chi connectivity index (χ1v) is 7.66. The summed E-state index contributed by atoms with van der Waals surface area (Å²) in [5.74, 6) is 1.11. The van der Waals surface area contributed by atoms with E-state index in [0.29, 0.717) is 22.9 Å². The molecule has 0 amide bonds. The fourth-order valence-electron chi connectivity index (χ4n) is 2.66. The SMILES string of the molecule is COc1ccc(-n2nc(Nc3cc(C)cc(C)c3)nc2N)cc1C#N. The first-order chi connectivity index (χ1) is 12.0. The predicted molar refractivity (Wildman–Crippen MR) is 96.2 cm³/mol. The average Bonchev–Trinajstić information content (AvgIpc) is 2.93. The minimum atomic E-state index is 0.223. The molecule has 3 N–H and O–H groups in total. The lowest BCUT2D eigenvalue weighted by Crippen LogP contribution is -2.03. The fraction of sp³-hybridized carbons (Fsp3) is 0.167.